The minimum atomic E-state index is -2.15. The van der Waals surface area contributed by atoms with Crippen molar-refractivity contribution >= 4 is 0 Å². The molecule has 14 bridgehead atoms. The molecule has 21 rings (SSSR count). The molecule has 0 aromatic carbocycles. The summed E-state index contributed by atoms with van der Waals surface area (Å²) < 4.78 is 80.8. The molecule has 19 N–H and O–H groups in total. The molecule has 0 spiro atoms. The summed E-state index contributed by atoms with van der Waals surface area (Å²) in [4.78, 5) is 0. The molecule has 21 heterocycles. The molecule has 34 atom stereocenters. The molecule has 0 aromatic rings. The molecule has 0 radical (unpaired) electrons. The summed E-state index contributed by atoms with van der Waals surface area (Å²) in [5.41, 5.74) is 0. The van der Waals surface area contributed by atoms with Gasteiger partial charge in [-0.25, -0.2) is 0 Å². The monoisotopic (exact) mass is 1120 g/mol. The summed E-state index contributed by atoms with van der Waals surface area (Å²) in [6, 6.07) is 0. The first-order chi connectivity index (χ1) is 36.2. The van der Waals surface area contributed by atoms with Crippen LogP contribution in [0, 0.1) is 0 Å². The Labute approximate surface area is 431 Å². The molecule has 0 aromatic heterocycles. The second-order valence-corrected chi connectivity index (χ2v) is 19.8. The molecule has 0 saturated carbocycles. The van der Waals surface area contributed by atoms with Crippen molar-refractivity contribution in [2.75, 3.05) is 39.6 Å². The average molecular weight is 1120 g/mol. The van der Waals surface area contributed by atoms with Gasteiger partial charge in [-0.3, -0.25) is 0 Å². The zero-order valence-corrected chi connectivity index (χ0v) is 40.5. The average Bonchev–Trinajstić information content (AvgIpc) is 3.42. The van der Waals surface area contributed by atoms with E-state index in [1.807, 2.05) is 0 Å². The van der Waals surface area contributed by atoms with Crippen LogP contribution in [0.1, 0.15) is 19.8 Å². The Bertz CT molecular complexity index is 1780. The number of ether oxygens (including phenoxy) is 14. The Hall–Kier alpha value is -1.32. The number of aliphatic hydroxyl groups excluding tert-OH is 19. The lowest BCUT2D eigenvalue weighted by molar-refractivity contribution is -0.395. The molecular weight excluding hydrogens is 1040 g/mol. The van der Waals surface area contributed by atoms with Gasteiger partial charge in [-0.15, -0.1) is 0 Å². The highest BCUT2D eigenvalue weighted by Crippen LogP contribution is 2.39. The summed E-state index contributed by atoms with van der Waals surface area (Å²) in [5.74, 6) is 0. The lowest BCUT2D eigenvalue weighted by Crippen LogP contribution is -2.68. The Morgan fingerprint density at radius 1 is 0.250 bits per heavy atom. The van der Waals surface area contributed by atoms with E-state index in [1.54, 1.807) is 6.92 Å². The molecule has 33 nitrogen and oxygen atoms in total. The van der Waals surface area contributed by atoms with Crippen LogP contribution in [0.3, 0.4) is 0 Å². The second kappa shape index (κ2) is 25.9. The SMILES string of the molecule is CCC1O[C@H]2O[C@@H]3C(CO)O[C@@H](O[C@@H]4C(CO)O[C@H](O[C@@H]5C(CO)O[C@H](O[C@H]6CC(O)[C@H](OC6CO)O[C@@H]6C(CO)O[C@H](O[C@@H]7C(CO)O[C@H](O[C@H]1C(O)C2O)C(O)C7O)C(O)C6O)C(O)C5O)C(O)C4O)C(O)C3O. The summed E-state index contributed by atoms with van der Waals surface area (Å²) in [5, 5.41) is 209. The van der Waals surface area contributed by atoms with E-state index in [0.717, 1.165) is 0 Å². The number of rotatable bonds is 7. The van der Waals surface area contributed by atoms with Crippen LogP contribution in [0.5, 0.6) is 0 Å². The normalized spacial score (nSPS) is 54.9. The number of hydrogen-bond acceptors (Lipinski definition) is 33. The topological polar surface area (TPSA) is 514 Å². The first-order valence-electron chi connectivity index (χ1n) is 24.9. The van der Waals surface area contributed by atoms with Gasteiger partial charge in [0.25, 0.3) is 0 Å². The fourth-order valence-electron chi connectivity index (χ4n) is 10.6. The van der Waals surface area contributed by atoms with Gasteiger partial charge in [0.05, 0.1) is 51.8 Å². The Kier molecular flexibility index (Phi) is 20.7. The van der Waals surface area contributed by atoms with Gasteiger partial charge in [0, 0.05) is 6.42 Å². The second-order valence-electron chi connectivity index (χ2n) is 19.8. The lowest BCUT2D eigenvalue weighted by Gasteiger charge is -2.50. The van der Waals surface area contributed by atoms with Crippen molar-refractivity contribution in [1.29, 1.82) is 0 Å². The first kappa shape index (κ1) is 60.8. The predicted molar refractivity (Wildman–Crippen MR) is 230 cm³/mol. The molecule has 0 amide bonds. The van der Waals surface area contributed by atoms with Crippen LogP contribution in [0.2, 0.25) is 0 Å². The van der Waals surface area contributed by atoms with Gasteiger partial charge in [-0.2, -0.15) is 0 Å². The van der Waals surface area contributed by atoms with Crippen molar-refractivity contribution in [3.63, 3.8) is 0 Å². The Balaban J connectivity index is 1.07. The van der Waals surface area contributed by atoms with Crippen molar-refractivity contribution in [3.8, 4) is 0 Å². The fourth-order valence-corrected chi connectivity index (χ4v) is 10.6. The Morgan fingerprint density at radius 2 is 0.461 bits per heavy atom. The summed E-state index contributed by atoms with van der Waals surface area (Å²) in [6.45, 7) is -4.21. The Morgan fingerprint density at radius 3 is 0.711 bits per heavy atom. The van der Waals surface area contributed by atoms with E-state index in [2.05, 4.69) is 0 Å². The third kappa shape index (κ3) is 12.0. The van der Waals surface area contributed by atoms with Crippen LogP contribution in [-0.4, -0.2) is 346 Å². The maximum atomic E-state index is 11.4. The van der Waals surface area contributed by atoms with E-state index in [0.29, 0.717) is 0 Å². The third-order valence-electron chi connectivity index (χ3n) is 14.9. The van der Waals surface area contributed by atoms with E-state index >= 15 is 0 Å². The summed E-state index contributed by atoms with van der Waals surface area (Å²) >= 11 is 0. The van der Waals surface area contributed by atoms with E-state index < -0.39 is 255 Å². The first-order valence-corrected chi connectivity index (χ1v) is 24.9. The quantitative estimate of drug-likeness (QED) is 0.113. The van der Waals surface area contributed by atoms with Crippen LogP contribution in [0.15, 0.2) is 0 Å². The fraction of sp³-hybridized carbons (Fsp3) is 1.00. The number of hydrogen-bond donors (Lipinski definition) is 19. The number of aliphatic hydroxyl groups is 19. The maximum Gasteiger partial charge on any atom is 0.187 e. The van der Waals surface area contributed by atoms with Crippen molar-refractivity contribution in [3.05, 3.63) is 0 Å². The predicted octanol–water partition coefficient (Wildman–Crippen LogP) is -12.8. The molecule has 21 aliphatic heterocycles. The van der Waals surface area contributed by atoms with Crippen LogP contribution in [0.4, 0.5) is 0 Å². The van der Waals surface area contributed by atoms with E-state index in [-0.39, 0.29) is 6.42 Å². The highest BCUT2D eigenvalue weighted by atomic mass is 16.8. The van der Waals surface area contributed by atoms with Crippen molar-refractivity contribution < 1.29 is 163 Å². The van der Waals surface area contributed by atoms with Crippen LogP contribution in [-0.2, 0) is 66.3 Å². The lowest BCUT2D eigenvalue weighted by atomic mass is 9.94. The third-order valence-corrected chi connectivity index (χ3v) is 14.9. The van der Waals surface area contributed by atoms with Gasteiger partial charge >= 0.3 is 0 Å². The van der Waals surface area contributed by atoms with Crippen LogP contribution < -0.4 is 0 Å². The van der Waals surface area contributed by atoms with E-state index in [9.17, 15) is 97.0 Å². The molecule has 20 unspecified atom stereocenters. The molecule has 76 heavy (non-hydrogen) atoms. The molecule has 21 saturated heterocycles. The molecule has 442 valence electrons. The molecule has 21 aliphatic rings. The largest absolute Gasteiger partial charge is 0.394 e. The molecule has 21 fully saturated rings. The van der Waals surface area contributed by atoms with Gasteiger partial charge in [-0.1, -0.05) is 6.92 Å². The van der Waals surface area contributed by atoms with Crippen LogP contribution >= 0.6 is 0 Å². The summed E-state index contributed by atoms with van der Waals surface area (Å²) in [6.07, 6.45) is -63.5. The van der Waals surface area contributed by atoms with E-state index in [1.165, 1.54) is 0 Å². The molecular formula is C43H72O33. The van der Waals surface area contributed by atoms with Crippen molar-refractivity contribution in [2.24, 2.45) is 0 Å². The standard InChI is InChI=1S/C43H72O33/c1-2-11-31-19(51)26(58)39(63-11)73-34-16(7-47)69-43(29(61)23(34)55)76-36-18(9-49)70-42(30(62)24(36)56)74-33-15(6-46)66-38(25(57)20(33)52)64-12-3-10(50)37(65-13(12)4-44)71-32-14(5-45)67-41(27(59)21(32)53)75-35-17(8-48)68-40(72-31)28(60)22(35)54/h10-62H,2-9H2,1H3/t10?,11?,12-,13?,14?,15?,16?,17?,18?,19?,20?,21?,22?,23?,24?,25?,26?,27?,28?,29?,30?,31+,32+,33+,34+,35+,36+,37+,38-,39-,40+,41+,42+,43-/m0/s1. The van der Waals surface area contributed by atoms with E-state index in [4.69, 9.17) is 66.3 Å². The van der Waals surface area contributed by atoms with Crippen LogP contribution in [0.25, 0.3) is 0 Å². The van der Waals surface area contributed by atoms with Crippen molar-refractivity contribution in [2.45, 2.75) is 229 Å². The molecule has 33 heteroatoms. The minimum absolute atomic E-state index is 0.0334. The van der Waals surface area contributed by atoms with Gasteiger partial charge in [0.15, 0.2) is 44.0 Å². The van der Waals surface area contributed by atoms with Gasteiger partial charge in [-0.05, 0) is 6.42 Å². The minimum Gasteiger partial charge on any atom is -0.394 e. The van der Waals surface area contributed by atoms with Gasteiger partial charge in [0.1, 0.15) is 153 Å². The highest BCUT2D eigenvalue weighted by molar-refractivity contribution is 5.01. The zero-order chi connectivity index (χ0) is 55.2. The van der Waals surface area contributed by atoms with Gasteiger partial charge < -0.3 is 163 Å². The highest BCUT2D eigenvalue weighted by Gasteiger charge is 2.58. The maximum absolute atomic E-state index is 11.4. The molecule has 0 aliphatic carbocycles. The summed E-state index contributed by atoms with van der Waals surface area (Å²) in [7, 11) is 0. The smallest absolute Gasteiger partial charge is 0.187 e. The zero-order valence-electron chi connectivity index (χ0n) is 40.5. The van der Waals surface area contributed by atoms with Gasteiger partial charge in [0.2, 0.25) is 0 Å². The van der Waals surface area contributed by atoms with Crippen molar-refractivity contribution in [1.82, 2.24) is 0 Å².